The van der Waals surface area contributed by atoms with Crippen LogP contribution in [0.4, 0.5) is 5.82 Å². The SMILES string of the molecule is Cc1cc2c(NCc3ccc(C(=O)NCc4ccco4)cc3)nc(Cl)nc2s1. The van der Waals surface area contributed by atoms with E-state index in [4.69, 9.17) is 16.0 Å². The number of hydrogen-bond acceptors (Lipinski definition) is 6. The van der Waals surface area contributed by atoms with E-state index in [1.807, 2.05) is 31.2 Å². The summed E-state index contributed by atoms with van der Waals surface area (Å²) in [6, 6.07) is 13.1. The highest BCUT2D eigenvalue weighted by Gasteiger charge is 2.10. The number of thiophene rings is 1. The van der Waals surface area contributed by atoms with Crippen LogP contribution in [-0.4, -0.2) is 15.9 Å². The number of aromatic nitrogens is 2. The zero-order chi connectivity index (χ0) is 19.5. The van der Waals surface area contributed by atoms with Crippen LogP contribution in [0.25, 0.3) is 10.2 Å². The molecule has 0 aliphatic rings. The van der Waals surface area contributed by atoms with Crippen molar-refractivity contribution < 1.29 is 9.21 Å². The molecule has 2 N–H and O–H groups in total. The first-order chi connectivity index (χ1) is 13.6. The lowest BCUT2D eigenvalue weighted by molar-refractivity contribution is 0.0948. The molecule has 1 aromatic carbocycles. The van der Waals surface area contributed by atoms with E-state index >= 15 is 0 Å². The van der Waals surface area contributed by atoms with E-state index in [0.717, 1.165) is 20.7 Å². The normalized spacial score (nSPS) is 10.9. The fourth-order valence-corrected chi connectivity index (χ4v) is 3.89. The predicted molar refractivity (Wildman–Crippen MR) is 111 cm³/mol. The van der Waals surface area contributed by atoms with Crippen LogP contribution in [-0.2, 0) is 13.1 Å². The number of halogens is 1. The smallest absolute Gasteiger partial charge is 0.251 e. The van der Waals surface area contributed by atoms with Gasteiger partial charge in [-0.1, -0.05) is 12.1 Å². The minimum absolute atomic E-state index is 0.144. The average Bonchev–Trinajstić information content (AvgIpc) is 3.33. The highest BCUT2D eigenvalue weighted by Crippen LogP contribution is 2.29. The second-order valence-corrected chi connectivity index (χ2v) is 7.80. The molecule has 28 heavy (non-hydrogen) atoms. The van der Waals surface area contributed by atoms with Gasteiger partial charge in [-0.2, -0.15) is 0 Å². The van der Waals surface area contributed by atoms with Crippen LogP contribution in [0.1, 0.15) is 26.6 Å². The third kappa shape index (κ3) is 4.16. The number of anilines is 1. The Balaban J connectivity index is 1.40. The van der Waals surface area contributed by atoms with Gasteiger partial charge in [-0.05, 0) is 54.4 Å². The summed E-state index contributed by atoms with van der Waals surface area (Å²) in [4.78, 5) is 22.8. The van der Waals surface area contributed by atoms with Gasteiger partial charge in [-0.25, -0.2) is 9.97 Å². The molecule has 0 radical (unpaired) electrons. The molecule has 0 aliphatic carbocycles. The molecular formula is C20H17ClN4O2S. The molecule has 3 aromatic heterocycles. The van der Waals surface area contributed by atoms with Crippen LogP contribution in [0.15, 0.2) is 53.1 Å². The highest BCUT2D eigenvalue weighted by atomic mass is 35.5. The number of nitrogens with one attached hydrogen (secondary N) is 2. The summed E-state index contributed by atoms with van der Waals surface area (Å²) in [5, 5.41) is 7.32. The number of carbonyl (C=O) groups excluding carboxylic acids is 1. The van der Waals surface area contributed by atoms with E-state index in [0.29, 0.717) is 30.2 Å². The topological polar surface area (TPSA) is 80.0 Å². The minimum atomic E-state index is -0.144. The fraction of sp³-hybridized carbons (Fsp3) is 0.150. The van der Waals surface area contributed by atoms with Gasteiger partial charge in [0.2, 0.25) is 5.28 Å². The van der Waals surface area contributed by atoms with Crippen molar-refractivity contribution in [3.05, 3.63) is 75.8 Å². The molecule has 0 bridgehead atoms. The number of fused-ring (bicyclic) bond motifs is 1. The summed E-state index contributed by atoms with van der Waals surface area (Å²) < 4.78 is 5.21. The quantitative estimate of drug-likeness (QED) is 0.445. The Morgan fingerprint density at radius 2 is 2.00 bits per heavy atom. The van der Waals surface area contributed by atoms with Crippen LogP contribution in [0.2, 0.25) is 5.28 Å². The van der Waals surface area contributed by atoms with Gasteiger partial charge in [0.1, 0.15) is 16.4 Å². The molecule has 0 saturated carbocycles. The van der Waals surface area contributed by atoms with Gasteiger partial charge in [-0.15, -0.1) is 11.3 Å². The molecular weight excluding hydrogens is 396 g/mol. The second kappa shape index (κ2) is 8.00. The first-order valence-corrected chi connectivity index (χ1v) is 9.85. The molecule has 0 saturated heterocycles. The number of furan rings is 1. The lowest BCUT2D eigenvalue weighted by Crippen LogP contribution is -2.22. The standard InChI is InChI=1S/C20H17ClN4O2S/c1-12-9-16-17(24-20(21)25-19(16)28-12)22-10-13-4-6-14(7-5-13)18(26)23-11-15-3-2-8-27-15/h2-9H,10-11H2,1H3,(H,23,26)(H,22,24,25). The number of nitrogens with zero attached hydrogens (tertiary/aromatic N) is 2. The monoisotopic (exact) mass is 412 g/mol. The first-order valence-electron chi connectivity index (χ1n) is 8.65. The third-order valence-corrected chi connectivity index (χ3v) is 5.28. The number of benzene rings is 1. The van der Waals surface area contributed by atoms with Crippen molar-refractivity contribution in [3.63, 3.8) is 0 Å². The zero-order valence-electron chi connectivity index (χ0n) is 15.0. The number of rotatable bonds is 6. The Morgan fingerprint density at radius 1 is 1.18 bits per heavy atom. The van der Waals surface area contributed by atoms with Crippen molar-refractivity contribution in [3.8, 4) is 0 Å². The average molecular weight is 413 g/mol. The van der Waals surface area contributed by atoms with Crippen LogP contribution in [0, 0.1) is 6.92 Å². The maximum atomic E-state index is 12.2. The molecule has 8 heteroatoms. The van der Waals surface area contributed by atoms with Gasteiger partial charge in [0.05, 0.1) is 18.2 Å². The van der Waals surface area contributed by atoms with E-state index in [1.165, 1.54) is 0 Å². The van der Waals surface area contributed by atoms with Crippen molar-refractivity contribution in [1.82, 2.24) is 15.3 Å². The molecule has 4 aromatic rings. The fourth-order valence-electron chi connectivity index (χ4n) is 2.79. The van der Waals surface area contributed by atoms with Gasteiger partial charge in [0.25, 0.3) is 5.91 Å². The Kier molecular flexibility index (Phi) is 5.27. The molecule has 6 nitrogen and oxygen atoms in total. The Hall–Kier alpha value is -2.90. The van der Waals surface area contributed by atoms with Gasteiger partial charge >= 0.3 is 0 Å². The van der Waals surface area contributed by atoms with Crippen molar-refractivity contribution >= 4 is 44.9 Å². The van der Waals surface area contributed by atoms with Crippen LogP contribution in [0.5, 0.6) is 0 Å². The van der Waals surface area contributed by atoms with E-state index in [-0.39, 0.29) is 11.2 Å². The van der Waals surface area contributed by atoms with Crippen LogP contribution < -0.4 is 10.6 Å². The molecule has 0 fully saturated rings. The molecule has 0 unspecified atom stereocenters. The van der Waals surface area contributed by atoms with Crippen molar-refractivity contribution in [1.29, 1.82) is 0 Å². The van der Waals surface area contributed by atoms with E-state index in [2.05, 4.69) is 20.6 Å². The largest absolute Gasteiger partial charge is 0.467 e. The number of hydrogen-bond donors (Lipinski definition) is 2. The van der Waals surface area contributed by atoms with Gasteiger partial charge < -0.3 is 15.1 Å². The van der Waals surface area contributed by atoms with E-state index < -0.39 is 0 Å². The molecule has 3 heterocycles. The lowest BCUT2D eigenvalue weighted by Gasteiger charge is -2.08. The maximum absolute atomic E-state index is 12.2. The van der Waals surface area contributed by atoms with Crippen LogP contribution >= 0.6 is 22.9 Å². The summed E-state index contributed by atoms with van der Waals surface area (Å²) >= 11 is 7.61. The first kappa shape index (κ1) is 18.5. The van der Waals surface area contributed by atoms with Crippen molar-refractivity contribution in [2.45, 2.75) is 20.0 Å². The Bertz CT molecular complexity index is 1110. The molecule has 142 valence electrons. The molecule has 0 aliphatic heterocycles. The summed E-state index contributed by atoms with van der Waals surface area (Å²) in [5.74, 6) is 1.28. The molecule has 0 atom stereocenters. The summed E-state index contributed by atoms with van der Waals surface area (Å²) in [7, 11) is 0. The van der Waals surface area contributed by atoms with E-state index in [1.54, 1.807) is 35.8 Å². The van der Waals surface area contributed by atoms with Gasteiger partial charge in [0, 0.05) is 17.0 Å². The molecule has 4 rings (SSSR count). The molecule has 1 amide bonds. The predicted octanol–water partition coefficient (Wildman–Crippen LogP) is 4.79. The maximum Gasteiger partial charge on any atom is 0.251 e. The van der Waals surface area contributed by atoms with Crippen molar-refractivity contribution in [2.24, 2.45) is 0 Å². The molecule has 0 spiro atoms. The number of carbonyl (C=O) groups is 1. The number of aryl methyl sites for hydroxylation is 1. The Labute approximate surface area is 170 Å². The second-order valence-electron chi connectivity index (χ2n) is 6.23. The Morgan fingerprint density at radius 3 is 2.75 bits per heavy atom. The third-order valence-electron chi connectivity index (χ3n) is 4.17. The van der Waals surface area contributed by atoms with Crippen molar-refractivity contribution in [2.75, 3.05) is 5.32 Å². The summed E-state index contributed by atoms with van der Waals surface area (Å²) in [6.07, 6.45) is 1.58. The lowest BCUT2D eigenvalue weighted by atomic mass is 10.1. The van der Waals surface area contributed by atoms with E-state index in [9.17, 15) is 4.79 Å². The summed E-state index contributed by atoms with van der Waals surface area (Å²) in [5.41, 5.74) is 1.62. The van der Waals surface area contributed by atoms with Gasteiger partial charge in [0.15, 0.2) is 0 Å². The highest BCUT2D eigenvalue weighted by molar-refractivity contribution is 7.18. The van der Waals surface area contributed by atoms with Crippen LogP contribution in [0.3, 0.4) is 0 Å². The minimum Gasteiger partial charge on any atom is -0.467 e. The number of amides is 1. The van der Waals surface area contributed by atoms with Gasteiger partial charge in [-0.3, -0.25) is 4.79 Å². The summed E-state index contributed by atoms with van der Waals surface area (Å²) in [6.45, 7) is 2.95. The zero-order valence-corrected chi connectivity index (χ0v) is 16.6.